The van der Waals surface area contributed by atoms with Gasteiger partial charge in [0.05, 0.1) is 4.90 Å². The zero-order valence-corrected chi connectivity index (χ0v) is 26.0. The molecule has 0 spiro atoms. The summed E-state index contributed by atoms with van der Waals surface area (Å²) >= 11 is 6.23. The van der Waals surface area contributed by atoms with Gasteiger partial charge in [-0.15, -0.1) is 0 Å². The lowest BCUT2D eigenvalue weighted by atomic mass is 9.86. The van der Waals surface area contributed by atoms with E-state index >= 15 is 0 Å². The minimum Gasteiger partial charge on any atom is -0.414 e. The maximum Gasteiger partial charge on any atom is 0.183 e. The van der Waals surface area contributed by atoms with Crippen LogP contribution >= 0.6 is 32.5 Å². The molecule has 0 bridgehead atoms. The van der Waals surface area contributed by atoms with E-state index in [2.05, 4.69) is 55.7 Å². The fourth-order valence-electron chi connectivity index (χ4n) is 5.18. The van der Waals surface area contributed by atoms with Crippen molar-refractivity contribution in [2.75, 3.05) is 32.4 Å². The van der Waals surface area contributed by atoms with Crippen molar-refractivity contribution in [1.29, 1.82) is 0 Å². The van der Waals surface area contributed by atoms with E-state index in [9.17, 15) is 8.42 Å². The van der Waals surface area contributed by atoms with Crippen molar-refractivity contribution in [2.45, 2.75) is 75.6 Å². The number of benzene rings is 2. The zero-order chi connectivity index (χ0) is 26.7. The van der Waals surface area contributed by atoms with Crippen LogP contribution in [0.2, 0.25) is 0 Å². The van der Waals surface area contributed by atoms with Gasteiger partial charge < -0.3 is 17.9 Å². The van der Waals surface area contributed by atoms with E-state index < -0.39 is 9.84 Å². The molecule has 0 radical (unpaired) electrons. The first kappa shape index (κ1) is 30.4. The van der Waals surface area contributed by atoms with E-state index in [4.69, 9.17) is 7.66 Å². The molecule has 1 aliphatic carbocycles. The molecule has 1 aliphatic rings. The molecule has 206 valence electrons. The van der Waals surface area contributed by atoms with E-state index in [-0.39, 0.29) is 0 Å². The summed E-state index contributed by atoms with van der Waals surface area (Å²) < 4.78 is 33.9. The molecule has 0 amide bonds. The monoisotopic (exact) mass is 658 g/mol. The molecule has 0 aliphatic heterocycles. The van der Waals surface area contributed by atoms with Crippen molar-refractivity contribution < 1.29 is 16.1 Å². The van der Waals surface area contributed by atoms with E-state index in [1.165, 1.54) is 49.5 Å². The van der Waals surface area contributed by atoms with Crippen LogP contribution in [0.1, 0.15) is 62.1 Å². The van der Waals surface area contributed by atoms with Crippen LogP contribution in [0.25, 0.3) is 0 Å². The third kappa shape index (κ3) is 9.24. The van der Waals surface area contributed by atoms with Crippen LogP contribution in [0.5, 0.6) is 11.5 Å². The summed E-state index contributed by atoms with van der Waals surface area (Å²) in [6.45, 7) is 6.52. The van der Waals surface area contributed by atoms with Crippen molar-refractivity contribution in [1.82, 2.24) is 10.2 Å². The van der Waals surface area contributed by atoms with Crippen LogP contribution < -0.4 is 13.0 Å². The van der Waals surface area contributed by atoms with Gasteiger partial charge >= 0.3 is 0 Å². The summed E-state index contributed by atoms with van der Waals surface area (Å²) in [6.07, 6.45) is 11.4. The molecule has 0 unspecified atom stereocenters. The minimum atomic E-state index is -3.12. The van der Waals surface area contributed by atoms with Crippen LogP contribution in [-0.2, 0) is 29.1 Å². The molecule has 0 saturated carbocycles. The van der Waals surface area contributed by atoms with Crippen LogP contribution in [0.15, 0.2) is 41.3 Å². The minimum absolute atomic E-state index is 0.382. The number of sulfone groups is 1. The number of nitrogens with zero attached hydrogens (tertiary/aromatic N) is 1. The Bertz CT molecular complexity index is 1080. The number of unbranched alkanes of at least 4 members (excludes halogenated alkanes) is 3. The van der Waals surface area contributed by atoms with Gasteiger partial charge in [0.25, 0.3) is 0 Å². The van der Waals surface area contributed by atoms with Crippen molar-refractivity contribution >= 4 is 42.4 Å². The summed E-state index contributed by atoms with van der Waals surface area (Å²) in [5, 5.41) is 3.52. The molecule has 2 aromatic rings. The Balaban J connectivity index is 1.33. The third-order valence-corrected chi connectivity index (χ3v) is 8.98. The average molecular weight is 661 g/mol. The first-order chi connectivity index (χ1) is 17.9. The Labute approximate surface area is 240 Å². The standard InChI is InChI=1S/C28H40Br2N2O4S/c1-3-19-32(24-11-14-26-23(21-24)10-15-27(35-29)28(26)36-30)20-7-5-4-6-17-31-18-16-22-8-12-25(13-9-22)37(2,33)34/h8-10,12-13,15,24,31H,3-7,11,14,16-21H2,1-2H3/t24-/m0/s1. The molecule has 0 fully saturated rings. The summed E-state index contributed by atoms with van der Waals surface area (Å²) in [6, 6.07) is 11.9. The Hall–Kier alpha value is -1.13. The predicted molar refractivity (Wildman–Crippen MR) is 158 cm³/mol. The van der Waals surface area contributed by atoms with Crippen LogP contribution in [0.3, 0.4) is 0 Å². The Morgan fingerprint density at radius 1 is 0.973 bits per heavy atom. The Morgan fingerprint density at radius 3 is 2.41 bits per heavy atom. The molecule has 0 aromatic heterocycles. The Morgan fingerprint density at radius 2 is 1.73 bits per heavy atom. The molecule has 3 rings (SSSR count). The van der Waals surface area contributed by atoms with Crippen molar-refractivity contribution in [3.63, 3.8) is 0 Å². The lowest BCUT2D eigenvalue weighted by Gasteiger charge is -2.35. The van der Waals surface area contributed by atoms with Crippen molar-refractivity contribution in [3.8, 4) is 11.5 Å². The fourth-order valence-corrected chi connectivity index (χ4v) is 6.42. The first-order valence-electron chi connectivity index (χ1n) is 13.3. The smallest absolute Gasteiger partial charge is 0.183 e. The predicted octanol–water partition coefficient (Wildman–Crippen LogP) is 6.43. The largest absolute Gasteiger partial charge is 0.414 e. The van der Waals surface area contributed by atoms with E-state index in [1.54, 1.807) is 12.1 Å². The van der Waals surface area contributed by atoms with Gasteiger partial charge in [-0.2, -0.15) is 0 Å². The van der Waals surface area contributed by atoms with Gasteiger partial charge in [0.1, 0.15) is 0 Å². The second kappa shape index (κ2) is 15.5. The third-order valence-electron chi connectivity index (χ3n) is 7.18. The molecule has 0 saturated heterocycles. The lowest BCUT2D eigenvalue weighted by Crippen LogP contribution is -2.40. The summed E-state index contributed by atoms with van der Waals surface area (Å²) in [5.41, 5.74) is 3.77. The van der Waals surface area contributed by atoms with E-state index in [0.29, 0.717) is 16.7 Å². The second-order valence-corrected chi connectivity index (χ2v) is 12.6. The molecule has 1 N–H and O–H groups in total. The topological polar surface area (TPSA) is 67.9 Å². The van der Waals surface area contributed by atoms with Gasteiger partial charge in [-0.25, -0.2) is 8.42 Å². The first-order valence-corrected chi connectivity index (χ1v) is 16.5. The molecular formula is C28H40Br2N2O4S. The fraction of sp³-hybridized carbons (Fsp3) is 0.571. The maximum atomic E-state index is 11.6. The Kier molecular flexibility index (Phi) is 12.7. The highest BCUT2D eigenvalue weighted by Crippen LogP contribution is 2.40. The quantitative estimate of drug-likeness (QED) is 0.210. The van der Waals surface area contributed by atoms with Gasteiger partial charge in [0.15, 0.2) is 53.9 Å². The number of nitrogens with one attached hydrogen (secondary N) is 1. The molecule has 2 aromatic carbocycles. The highest BCUT2D eigenvalue weighted by Gasteiger charge is 2.27. The number of fused-ring (bicyclic) bond motifs is 1. The SMILES string of the molecule is CCCN(CCCCCCNCCc1ccc(S(C)(=O)=O)cc1)[C@H]1CCc2c(ccc(OBr)c2OBr)C1. The number of hydrogen-bond donors (Lipinski definition) is 1. The summed E-state index contributed by atoms with van der Waals surface area (Å²) in [7, 11) is -3.12. The highest BCUT2D eigenvalue weighted by molar-refractivity contribution is 9.06. The van der Waals surface area contributed by atoms with Gasteiger partial charge in [-0.1, -0.05) is 38.0 Å². The number of halogens is 2. The summed E-state index contributed by atoms with van der Waals surface area (Å²) in [5.74, 6) is 1.49. The van der Waals surface area contributed by atoms with E-state index in [0.717, 1.165) is 63.2 Å². The molecule has 37 heavy (non-hydrogen) atoms. The van der Waals surface area contributed by atoms with Crippen molar-refractivity contribution in [3.05, 3.63) is 53.1 Å². The maximum absolute atomic E-state index is 11.6. The van der Waals surface area contributed by atoms with Crippen LogP contribution in [0.4, 0.5) is 0 Å². The van der Waals surface area contributed by atoms with E-state index in [1.807, 2.05) is 18.2 Å². The van der Waals surface area contributed by atoms with Gasteiger partial charge in [0.2, 0.25) is 0 Å². The van der Waals surface area contributed by atoms with Gasteiger partial charge in [-0.3, -0.25) is 0 Å². The molecule has 1 atom stereocenters. The molecular weight excluding hydrogens is 620 g/mol. The van der Waals surface area contributed by atoms with Crippen LogP contribution in [-0.4, -0.2) is 51.8 Å². The average Bonchev–Trinajstić information content (AvgIpc) is 2.90. The summed E-state index contributed by atoms with van der Waals surface area (Å²) in [4.78, 5) is 3.08. The normalized spacial score (nSPS) is 15.5. The highest BCUT2D eigenvalue weighted by atomic mass is 79.9. The van der Waals surface area contributed by atoms with Gasteiger partial charge in [0, 0.05) is 17.9 Å². The second-order valence-electron chi connectivity index (χ2n) is 9.95. The zero-order valence-electron chi connectivity index (χ0n) is 22.0. The molecule has 9 heteroatoms. The molecule has 6 nitrogen and oxygen atoms in total. The number of rotatable bonds is 16. The van der Waals surface area contributed by atoms with Gasteiger partial charge in [-0.05, 0) is 100 Å². The lowest BCUT2D eigenvalue weighted by molar-refractivity contribution is 0.175. The molecule has 0 heterocycles. The number of hydrogen-bond acceptors (Lipinski definition) is 6. The van der Waals surface area contributed by atoms with Crippen LogP contribution in [0, 0.1) is 0 Å². The van der Waals surface area contributed by atoms with Crippen molar-refractivity contribution in [2.24, 2.45) is 0 Å².